The Hall–Kier alpha value is -0.660. The third-order valence-electron chi connectivity index (χ3n) is 1.64. The van der Waals surface area contributed by atoms with Crippen LogP contribution >= 0.6 is 0 Å². The summed E-state index contributed by atoms with van der Waals surface area (Å²) < 4.78 is 0. The van der Waals surface area contributed by atoms with E-state index in [2.05, 4.69) is 0 Å². The lowest BCUT2D eigenvalue weighted by Gasteiger charge is -2.01. The molecule has 0 aromatic carbocycles. The number of unbranched alkanes of at least 4 members (excludes halogenated alkanes) is 2. The van der Waals surface area contributed by atoms with Gasteiger partial charge < -0.3 is 4.79 Å². The van der Waals surface area contributed by atoms with Crippen LogP contribution in [0.5, 0.6) is 0 Å². The van der Waals surface area contributed by atoms with Crippen molar-refractivity contribution in [3.8, 4) is 0 Å². The van der Waals surface area contributed by atoms with Crippen LogP contribution in [0.25, 0.3) is 0 Å². The van der Waals surface area contributed by atoms with Gasteiger partial charge in [-0.05, 0) is 12.8 Å². The Morgan fingerprint density at radius 1 is 1.36 bits per heavy atom. The fraction of sp³-hybridized carbons (Fsp3) is 0.778. The maximum absolute atomic E-state index is 11.0. The van der Waals surface area contributed by atoms with Crippen LogP contribution in [0.2, 0.25) is 0 Å². The predicted molar refractivity (Wildman–Crippen MR) is 44.4 cm³/mol. The monoisotopic (exact) mass is 156 g/mol. The average molecular weight is 156 g/mol. The van der Waals surface area contributed by atoms with Crippen LogP contribution in [0.1, 0.15) is 39.5 Å². The second-order valence-electron chi connectivity index (χ2n) is 3.03. The van der Waals surface area contributed by atoms with E-state index >= 15 is 0 Å². The molecule has 0 heterocycles. The van der Waals surface area contributed by atoms with Crippen LogP contribution in [-0.4, -0.2) is 12.1 Å². The van der Waals surface area contributed by atoms with E-state index < -0.39 is 0 Å². The average Bonchev–Trinajstić information content (AvgIpc) is 1.97. The molecule has 0 spiro atoms. The third kappa shape index (κ3) is 5.77. The fourth-order valence-electron chi connectivity index (χ4n) is 0.816. The fourth-order valence-corrected chi connectivity index (χ4v) is 0.816. The first-order valence-electron chi connectivity index (χ1n) is 4.15. The Morgan fingerprint density at radius 2 is 2.00 bits per heavy atom. The van der Waals surface area contributed by atoms with Gasteiger partial charge in [0.2, 0.25) is 0 Å². The lowest BCUT2D eigenvalue weighted by atomic mass is 10.0. The predicted octanol–water partition coefficient (Wildman–Crippen LogP) is 1.97. The molecule has 0 aliphatic heterocycles. The van der Waals surface area contributed by atoms with Crippen molar-refractivity contribution in [3.63, 3.8) is 0 Å². The second-order valence-corrected chi connectivity index (χ2v) is 3.03. The zero-order valence-corrected chi connectivity index (χ0v) is 7.30. The van der Waals surface area contributed by atoms with Crippen LogP contribution in [0, 0.1) is 5.92 Å². The van der Waals surface area contributed by atoms with Gasteiger partial charge in [0.25, 0.3) is 0 Å². The maximum Gasteiger partial charge on any atom is 0.135 e. The van der Waals surface area contributed by atoms with Crippen LogP contribution < -0.4 is 0 Å². The highest BCUT2D eigenvalue weighted by molar-refractivity contribution is 5.80. The molecule has 0 unspecified atom stereocenters. The molecular weight excluding hydrogens is 140 g/mol. The molecule has 64 valence electrons. The number of hydrogen-bond donors (Lipinski definition) is 0. The zero-order valence-electron chi connectivity index (χ0n) is 7.30. The summed E-state index contributed by atoms with van der Waals surface area (Å²) in [5.74, 6) is 0.446. The van der Waals surface area contributed by atoms with Crippen LogP contribution in [0.15, 0.2) is 0 Å². The molecule has 0 radical (unpaired) electrons. The van der Waals surface area contributed by atoms with E-state index in [1.807, 2.05) is 13.8 Å². The molecule has 0 fully saturated rings. The number of hydrogen-bond acceptors (Lipinski definition) is 2. The summed E-state index contributed by atoms with van der Waals surface area (Å²) in [6, 6.07) is 0. The van der Waals surface area contributed by atoms with Gasteiger partial charge in [0.1, 0.15) is 12.1 Å². The van der Waals surface area contributed by atoms with Gasteiger partial charge in [0.15, 0.2) is 0 Å². The molecule has 0 aromatic rings. The Bertz CT molecular complexity index is 128. The summed E-state index contributed by atoms with van der Waals surface area (Å²) >= 11 is 0. The summed E-state index contributed by atoms with van der Waals surface area (Å²) in [5, 5.41) is 0. The molecule has 0 N–H and O–H groups in total. The molecule has 0 amide bonds. The molecule has 0 aromatic heterocycles. The Labute approximate surface area is 68.0 Å². The second kappa shape index (κ2) is 6.08. The van der Waals surface area contributed by atoms with E-state index in [9.17, 15) is 9.59 Å². The quantitative estimate of drug-likeness (QED) is 0.435. The summed E-state index contributed by atoms with van der Waals surface area (Å²) in [6.07, 6.45) is 3.83. The van der Waals surface area contributed by atoms with Crippen molar-refractivity contribution in [1.29, 1.82) is 0 Å². The van der Waals surface area contributed by atoms with E-state index in [1.54, 1.807) is 0 Å². The standard InChI is InChI=1S/C9H16O2/c1-8(2)9(11)6-4-3-5-7-10/h7-8H,3-6H2,1-2H3. The molecular formula is C9H16O2. The van der Waals surface area contributed by atoms with E-state index in [0.717, 1.165) is 19.1 Å². The van der Waals surface area contributed by atoms with Crippen LogP contribution in [-0.2, 0) is 9.59 Å². The number of aldehydes is 1. The van der Waals surface area contributed by atoms with E-state index in [4.69, 9.17) is 0 Å². The van der Waals surface area contributed by atoms with Gasteiger partial charge in [-0.1, -0.05) is 13.8 Å². The van der Waals surface area contributed by atoms with Gasteiger partial charge in [-0.15, -0.1) is 0 Å². The topological polar surface area (TPSA) is 34.1 Å². The minimum absolute atomic E-state index is 0.145. The van der Waals surface area contributed by atoms with Crippen molar-refractivity contribution >= 4 is 12.1 Å². The number of rotatable bonds is 6. The molecule has 0 saturated heterocycles. The SMILES string of the molecule is CC(C)C(=O)CCCCC=O. The van der Waals surface area contributed by atoms with Crippen molar-refractivity contribution in [3.05, 3.63) is 0 Å². The minimum Gasteiger partial charge on any atom is -0.303 e. The van der Waals surface area contributed by atoms with Crippen molar-refractivity contribution in [2.24, 2.45) is 5.92 Å². The van der Waals surface area contributed by atoms with Gasteiger partial charge in [-0.3, -0.25) is 4.79 Å². The molecule has 0 bridgehead atoms. The number of ketones is 1. The molecule has 0 atom stereocenters. The van der Waals surface area contributed by atoms with Crippen molar-refractivity contribution in [2.45, 2.75) is 39.5 Å². The maximum atomic E-state index is 11.0. The van der Waals surface area contributed by atoms with Crippen molar-refractivity contribution < 1.29 is 9.59 Å². The van der Waals surface area contributed by atoms with Gasteiger partial charge in [-0.2, -0.15) is 0 Å². The van der Waals surface area contributed by atoms with Gasteiger partial charge in [0.05, 0.1) is 0 Å². The van der Waals surface area contributed by atoms with Crippen molar-refractivity contribution in [2.75, 3.05) is 0 Å². The number of carbonyl (C=O) groups is 2. The van der Waals surface area contributed by atoms with Gasteiger partial charge in [0, 0.05) is 18.8 Å². The normalized spacial score (nSPS) is 10.1. The Balaban J connectivity index is 3.24. The van der Waals surface area contributed by atoms with Crippen LogP contribution in [0.4, 0.5) is 0 Å². The smallest absolute Gasteiger partial charge is 0.135 e. The van der Waals surface area contributed by atoms with E-state index in [0.29, 0.717) is 18.6 Å². The first-order valence-corrected chi connectivity index (χ1v) is 4.15. The van der Waals surface area contributed by atoms with Crippen LogP contribution in [0.3, 0.4) is 0 Å². The summed E-state index contributed by atoms with van der Waals surface area (Å²) in [5.41, 5.74) is 0. The minimum atomic E-state index is 0.145. The Morgan fingerprint density at radius 3 is 2.45 bits per heavy atom. The number of carbonyl (C=O) groups excluding carboxylic acids is 2. The summed E-state index contributed by atoms with van der Waals surface area (Å²) in [4.78, 5) is 20.9. The molecule has 0 aliphatic carbocycles. The highest BCUT2D eigenvalue weighted by Crippen LogP contribution is 2.04. The Kier molecular flexibility index (Phi) is 5.71. The molecule has 11 heavy (non-hydrogen) atoms. The van der Waals surface area contributed by atoms with Crippen molar-refractivity contribution in [1.82, 2.24) is 0 Å². The van der Waals surface area contributed by atoms with Gasteiger partial charge >= 0.3 is 0 Å². The molecule has 0 rings (SSSR count). The van der Waals surface area contributed by atoms with E-state index in [-0.39, 0.29) is 5.92 Å². The highest BCUT2D eigenvalue weighted by Gasteiger charge is 2.05. The summed E-state index contributed by atoms with van der Waals surface area (Å²) in [7, 11) is 0. The molecule has 2 nitrogen and oxygen atoms in total. The molecule has 2 heteroatoms. The highest BCUT2D eigenvalue weighted by atomic mass is 16.1. The first kappa shape index (κ1) is 10.3. The molecule has 0 aliphatic rings. The van der Waals surface area contributed by atoms with Gasteiger partial charge in [-0.25, -0.2) is 0 Å². The number of Topliss-reactive ketones (excluding diaryl/α,β-unsaturated/α-hetero) is 1. The summed E-state index contributed by atoms with van der Waals surface area (Å²) in [6.45, 7) is 3.81. The largest absolute Gasteiger partial charge is 0.303 e. The third-order valence-corrected chi connectivity index (χ3v) is 1.64. The first-order chi connectivity index (χ1) is 5.18. The lowest BCUT2D eigenvalue weighted by molar-refractivity contribution is -0.122. The lowest BCUT2D eigenvalue weighted by Crippen LogP contribution is -2.05. The molecule has 0 saturated carbocycles. The zero-order chi connectivity index (χ0) is 8.69. The van der Waals surface area contributed by atoms with E-state index in [1.165, 1.54) is 0 Å².